The van der Waals surface area contributed by atoms with Crippen LogP contribution in [0.4, 0.5) is 4.39 Å². The summed E-state index contributed by atoms with van der Waals surface area (Å²) in [5, 5.41) is 0. The van der Waals surface area contributed by atoms with E-state index in [1.54, 1.807) is 6.07 Å². The molecule has 0 saturated carbocycles. The van der Waals surface area contributed by atoms with Crippen LogP contribution in [0.5, 0.6) is 0 Å². The molecule has 1 aromatic rings. The van der Waals surface area contributed by atoms with Gasteiger partial charge >= 0.3 is 0 Å². The third-order valence-corrected chi connectivity index (χ3v) is 4.55. The number of hydrogen-bond donors (Lipinski definition) is 0. The predicted molar refractivity (Wildman–Crippen MR) is 91.9 cm³/mol. The van der Waals surface area contributed by atoms with E-state index in [4.69, 9.17) is 0 Å². The van der Waals surface area contributed by atoms with Gasteiger partial charge in [-0.15, -0.1) is 0 Å². The number of aryl methyl sites for hydroxylation is 1. The number of hydrogen-bond acceptors (Lipinski definition) is 0. The third-order valence-electron chi connectivity index (χ3n) is 4.55. The summed E-state index contributed by atoms with van der Waals surface area (Å²) in [6.07, 6.45) is 2.28. The topological polar surface area (TPSA) is 0 Å². The molecule has 0 heterocycles. The highest BCUT2D eigenvalue weighted by molar-refractivity contribution is 5.71. The molecule has 0 N–H and O–H groups in total. The van der Waals surface area contributed by atoms with Crippen molar-refractivity contribution in [1.82, 2.24) is 0 Å². The van der Waals surface area contributed by atoms with Crippen molar-refractivity contribution < 1.29 is 4.39 Å². The molecule has 1 aromatic carbocycles. The molecule has 0 spiro atoms. The Hall–Kier alpha value is -1.11. The summed E-state index contributed by atoms with van der Waals surface area (Å²) in [6.45, 7) is 17.4. The van der Waals surface area contributed by atoms with Crippen LogP contribution >= 0.6 is 0 Å². The minimum absolute atomic E-state index is 0.115. The summed E-state index contributed by atoms with van der Waals surface area (Å²) >= 11 is 0. The zero-order chi connectivity index (χ0) is 16.4. The van der Waals surface area contributed by atoms with Crippen LogP contribution in [0.25, 0.3) is 5.57 Å². The Balaban J connectivity index is 0.00000106. The maximum Gasteiger partial charge on any atom is 0.126 e. The van der Waals surface area contributed by atoms with Gasteiger partial charge in [-0.05, 0) is 66.4 Å². The van der Waals surface area contributed by atoms with E-state index < -0.39 is 0 Å². The second-order valence-electron chi connectivity index (χ2n) is 7.47. The molecule has 0 aliphatic heterocycles. The van der Waals surface area contributed by atoms with Crippen LogP contribution in [-0.2, 0) is 0 Å². The van der Waals surface area contributed by atoms with Gasteiger partial charge in [-0.1, -0.05) is 53.2 Å². The number of benzene rings is 1. The van der Waals surface area contributed by atoms with Crippen molar-refractivity contribution in [2.75, 3.05) is 0 Å². The maximum atomic E-state index is 13.5. The molecule has 0 aromatic heterocycles. The summed E-state index contributed by atoms with van der Waals surface area (Å²) in [4.78, 5) is 0. The van der Waals surface area contributed by atoms with Crippen LogP contribution in [0, 0.1) is 23.6 Å². The molecule has 21 heavy (non-hydrogen) atoms. The summed E-state index contributed by atoms with van der Waals surface area (Å²) in [5.41, 5.74) is 5.32. The van der Waals surface area contributed by atoms with Gasteiger partial charge in [0.25, 0.3) is 0 Å². The van der Waals surface area contributed by atoms with Crippen molar-refractivity contribution in [1.29, 1.82) is 0 Å². The van der Waals surface area contributed by atoms with Gasteiger partial charge in [0.15, 0.2) is 0 Å². The highest BCUT2D eigenvalue weighted by atomic mass is 19.1. The second-order valence-corrected chi connectivity index (χ2v) is 7.47. The average Bonchev–Trinajstić information content (AvgIpc) is 2.38. The van der Waals surface area contributed by atoms with E-state index >= 15 is 0 Å². The number of rotatable bonds is 1. The predicted octanol–water partition coefficient (Wildman–Crippen LogP) is 6.78. The van der Waals surface area contributed by atoms with E-state index in [1.165, 1.54) is 23.1 Å². The molecule has 0 unspecified atom stereocenters. The molecule has 1 aliphatic carbocycles. The summed E-state index contributed by atoms with van der Waals surface area (Å²) in [7, 11) is 0. The van der Waals surface area contributed by atoms with Gasteiger partial charge in [0, 0.05) is 0 Å². The first-order valence-corrected chi connectivity index (χ1v) is 8.09. The average molecular weight is 290 g/mol. The smallest absolute Gasteiger partial charge is 0.126 e. The molecule has 1 aliphatic rings. The van der Waals surface area contributed by atoms with Crippen LogP contribution < -0.4 is 0 Å². The van der Waals surface area contributed by atoms with E-state index in [1.807, 2.05) is 32.9 Å². The summed E-state index contributed by atoms with van der Waals surface area (Å²) in [6, 6.07) is 5.52. The van der Waals surface area contributed by atoms with Crippen LogP contribution in [0.1, 0.15) is 72.4 Å². The Labute approximate surface area is 130 Å². The first-order chi connectivity index (χ1) is 9.62. The Morgan fingerprint density at radius 1 is 1.00 bits per heavy atom. The summed E-state index contributed by atoms with van der Waals surface area (Å²) in [5.74, 6) is -0.115. The van der Waals surface area contributed by atoms with Gasteiger partial charge in [0.05, 0.1) is 0 Å². The zero-order valence-corrected chi connectivity index (χ0v) is 15.0. The first kappa shape index (κ1) is 17.9. The maximum absolute atomic E-state index is 13.5. The van der Waals surface area contributed by atoms with E-state index in [2.05, 4.69) is 34.6 Å². The van der Waals surface area contributed by atoms with Crippen molar-refractivity contribution in [2.24, 2.45) is 10.8 Å². The van der Waals surface area contributed by atoms with Gasteiger partial charge in [-0.3, -0.25) is 0 Å². The molecule has 0 fully saturated rings. The van der Waals surface area contributed by atoms with Crippen molar-refractivity contribution >= 4 is 5.57 Å². The van der Waals surface area contributed by atoms with Crippen LogP contribution in [0.2, 0.25) is 0 Å². The molecule has 0 atom stereocenters. The number of halogens is 1. The quantitative estimate of drug-likeness (QED) is 0.534. The third kappa shape index (κ3) is 3.96. The molecule has 118 valence electrons. The zero-order valence-electron chi connectivity index (χ0n) is 15.0. The highest BCUT2D eigenvalue weighted by Gasteiger charge is 2.37. The van der Waals surface area contributed by atoms with Crippen molar-refractivity contribution in [3.8, 4) is 0 Å². The minimum Gasteiger partial charge on any atom is -0.207 e. The van der Waals surface area contributed by atoms with E-state index in [9.17, 15) is 4.39 Å². The van der Waals surface area contributed by atoms with Crippen molar-refractivity contribution in [3.63, 3.8) is 0 Å². The summed E-state index contributed by atoms with van der Waals surface area (Å²) < 4.78 is 13.5. The van der Waals surface area contributed by atoms with E-state index in [0.29, 0.717) is 5.41 Å². The lowest BCUT2D eigenvalue weighted by Gasteiger charge is -2.43. The van der Waals surface area contributed by atoms with E-state index in [0.717, 1.165) is 12.0 Å². The lowest BCUT2D eigenvalue weighted by molar-refractivity contribution is 0.215. The molecule has 2 rings (SSSR count). The van der Waals surface area contributed by atoms with Crippen LogP contribution in [0.15, 0.2) is 23.8 Å². The molecule has 0 bridgehead atoms. The molecule has 0 saturated heterocycles. The Kier molecular flexibility index (Phi) is 5.41. The Bertz CT molecular complexity index is 533. The largest absolute Gasteiger partial charge is 0.207 e. The van der Waals surface area contributed by atoms with Crippen LogP contribution in [-0.4, -0.2) is 0 Å². The normalized spacial score (nSPS) is 19.9. The van der Waals surface area contributed by atoms with Gasteiger partial charge in [-0.25, -0.2) is 4.39 Å². The minimum atomic E-state index is -0.115. The first-order valence-electron chi connectivity index (χ1n) is 8.09. The van der Waals surface area contributed by atoms with Crippen molar-refractivity contribution in [2.45, 2.75) is 68.2 Å². The fourth-order valence-electron chi connectivity index (χ4n) is 3.56. The monoisotopic (exact) mass is 290 g/mol. The highest BCUT2D eigenvalue weighted by Crippen LogP contribution is 2.51. The van der Waals surface area contributed by atoms with Crippen molar-refractivity contribution in [3.05, 3.63) is 40.7 Å². The van der Waals surface area contributed by atoms with Gasteiger partial charge in [0.2, 0.25) is 0 Å². The van der Waals surface area contributed by atoms with Crippen LogP contribution in [0.3, 0.4) is 0 Å². The van der Waals surface area contributed by atoms with Gasteiger partial charge in [0.1, 0.15) is 5.82 Å². The lowest BCUT2D eigenvalue weighted by Crippen LogP contribution is -2.30. The Morgan fingerprint density at radius 3 is 2.10 bits per heavy atom. The van der Waals surface area contributed by atoms with Gasteiger partial charge < -0.3 is 0 Å². The Morgan fingerprint density at radius 2 is 1.57 bits per heavy atom. The lowest BCUT2D eigenvalue weighted by atomic mass is 9.62. The number of allylic oxidation sites excluding steroid dienone is 2. The van der Waals surface area contributed by atoms with E-state index in [-0.39, 0.29) is 11.2 Å². The molecular formula is C20H31F. The standard InChI is InChI=1S/C18H25F.C2H6/c1-12-9-14(7-8-16(12)19)15-10-17(3,4)11-18(5,6)13(15)2;1-2/h7-9H,10-11H2,1-6H3;1-2H3. The fourth-order valence-corrected chi connectivity index (χ4v) is 3.56. The SMILES string of the molecule is CC.CC1=C(c2ccc(F)c(C)c2)CC(C)(C)CC1(C)C. The fraction of sp³-hybridized carbons (Fsp3) is 0.600. The molecular weight excluding hydrogens is 259 g/mol. The van der Waals surface area contributed by atoms with Gasteiger partial charge in [-0.2, -0.15) is 0 Å². The molecule has 0 radical (unpaired) electrons. The molecule has 0 nitrogen and oxygen atoms in total. The molecule has 0 amide bonds. The molecule has 1 heteroatoms. The second kappa shape index (κ2) is 6.34.